The highest BCUT2D eigenvalue weighted by Gasteiger charge is 2.31. The van der Waals surface area contributed by atoms with Gasteiger partial charge in [-0.1, -0.05) is 30.3 Å². The highest BCUT2D eigenvalue weighted by molar-refractivity contribution is 5.95. The summed E-state index contributed by atoms with van der Waals surface area (Å²) >= 11 is 0. The van der Waals surface area contributed by atoms with Crippen molar-refractivity contribution in [1.29, 1.82) is 0 Å². The van der Waals surface area contributed by atoms with Gasteiger partial charge in [-0.2, -0.15) is 0 Å². The number of carboxylic acids is 1. The number of carbonyl (C=O) groups excluding carboxylic acids is 4. The Morgan fingerprint density at radius 3 is 2.02 bits per heavy atom. The molecule has 2 aromatic carbocycles. The summed E-state index contributed by atoms with van der Waals surface area (Å²) in [4.78, 5) is 65.3. The van der Waals surface area contributed by atoms with Crippen LogP contribution in [-0.2, 0) is 36.8 Å². The van der Waals surface area contributed by atoms with Gasteiger partial charge in [0.2, 0.25) is 23.6 Å². The number of phenolic OH excluding ortho intramolecular Hbond substituents is 1. The quantitative estimate of drug-likeness (QED) is 0.108. The Morgan fingerprint density at radius 1 is 0.829 bits per heavy atom. The molecule has 0 saturated carbocycles. The van der Waals surface area contributed by atoms with Gasteiger partial charge in [-0.3, -0.25) is 19.2 Å². The molecule has 1 heterocycles. The van der Waals surface area contributed by atoms with E-state index in [9.17, 15) is 39.3 Å². The number of rotatable bonds is 14. The zero-order chi connectivity index (χ0) is 30.1. The second-order valence-electron chi connectivity index (χ2n) is 9.42. The van der Waals surface area contributed by atoms with E-state index in [4.69, 9.17) is 11.5 Å². The lowest BCUT2D eigenvalue weighted by Crippen LogP contribution is -2.58. The fourth-order valence-corrected chi connectivity index (χ4v) is 4.11. The van der Waals surface area contributed by atoms with Gasteiger partial charge < -0.3 is 47.7 Å². The first-order chi connectivity index (χ1) is 19.5. The summed E-state index contributed by atoms with van der Waals surface area (Å²) in [5.74, 6) is -5.03. The first-order valence-corrected chi connectivity index (χ1v) is 12.6. The molecular weight excluding hydrogens is 536 g/mol. The molecule has 0 radical (unpaired) electrons. The van der Waals surface area contributed by atoms with Crippen LogP contribution in [0.1, 0.15) is 17.5 Å². The molecule has 4 atom stereocenters. The molecule has 14 heteroatoms. The van der Waals surface area contributed by atoms with Crippen molar-refractivity contribution in [3.05, 3.63) is 65.9 Å². The van der Waals surface area contributed by atoms with Crippen LogP contribution in [0.25, 0.3) is 10.9 Å². The van der Waals surface area contributed by atoms with Gasteiger partial charge >= 0.3 is 5.97 Å². The lowest BCUT2D eigenvalue weighted by molar-refractivity contribution is -0.143. The Balaban J connectivity index is 1.90. The minimum atomic E-state index is -1.65. The number of aliphatic hydroxyl groups is 1. The van der Waals surface area contributed by atoms with Crippen molar-refractivity contribution >= 4 is 40.5 Å². The molecule has 1 aromatic heterocycles. The second-order valence-corrected chi connectivity index (χ2v) is 9.42. The number of H-pyrrole nitrogens is 1. The predicted molar refractivity (Wildman–Crippen MR) is 146 cm³/mol. The Labute approximate surface area is 234 Å². The molecule has 0 saturated heterocycles. The molecular formula is C27H32N6O8. The minimum absolute atomic E-state index is 0.0211. The zero-order valence-corrected chi connectivity index (χ0v) is 21.9. The first-order valence-electron chi connectivity index (χ1n) is 12.6. The van der Waals surface area contributed by atoms with Crippen LogP contribution in [0.2, 0.25) is 0 Å². The van der Waals surface area contributed by atoms with Crippen LogP contribution < -0.4 is 27.4 Å². The highest BCUT2D eigenvalue weighted by atomic mass is 16.4. The van der Waals surface area contributed by atoms with Crippen LogP contribution >= 0.6 is 0 Å². The molecule has 3 aromatic rings. The number of nitrogens with one attached hydrogen (secondary N) is 4. The third-order valence-electron chi connectivity index (χ3n) is 6.29. The standard InChI is InChI=1S/C27H32N6O8/c28-18(13-34)24(37)31-21(10-15-12-30-19-4-2-1-3-17(15)19)26(39)32-20(9-14-5-7-16(35)8-6-14)25(38)33-22(27(40)41)11-23(29)36/h1-8,12,18,20-22,30,34-35H,9-11,13,28H2,(H2,29,36)(H,31,37)(H,32,39)(H,33,38)(H,40,41). The Hall–Kier alpha value is -4.95. The summed E-state index contributed by atoms with van der Waals surface area (Å²) in [7, 11) is 0. The van der Waals surface area contributed by atoms with Gasteiger partial charge in [0.15, 0.2) is 0 Å². The average molecular weight is 569 g/mol. The smallest absolute Gasteiger partial charge is 0.326 e. The van der Waals surface area contributed by atoms with Crippen LogP contribution in [0.4, 0.5) is 0 Å². The van der Waals surface area contributed by atoms with Gasteiger partial charge in [0.1, 0.15) is 29.9 Å². The topological polar surface area (TPSA) is 250 Å². The number of hydrogen-bond donors (Lipinski definition) is 9. The average Bonchev–Trinajstić information content (AvgIpc) is 3.34. The van der Waals surface area contributed by atoms with E-state index in [1.807, 2.05) is 18.2 Å². The number of benzene rings is 2. The Morgan fingerprint density at radius 2 is 1.41 bits per heavy atom. The van der Waals surface area contributed by atoms with Gasteiger partial charge in [0.25, 0.3) is 0 Å². The maximum absolute atomic E-state index is 13.6. The van der Waals surface area contributed by atoms with E-state index in [1.54, 1.807) is 12.3 Å². The number of amides is 4. The van der Waals surface area contributed by atoms with Crippen LogP contribution in [0.3, 0.4) is 0 Å². The number of aromatic nitrogens is 1. The maximum atomic E-state index is 13.6. The van der Waals surface area contributed by atoms with E-state index in [2.05, 4.69) is 20.9 Å². The van der Waals surface area contributed by atoms with Gasteiger partial charge in [-0.15, -0.1) is 0 Å². The van der Waals surface area contributed by atoms with E-state index in [-0.39, 0.29) is 18.6 Å². The van der Waals surface area contributed by atoms with Gasteiger partial charge in [-0.05, 0) is 29.3 Å². The molecule has 0 spiro atoms. The maximum Gasteiger partial charge on any atom is 0.326 e. The summed E-state index contributed by atoms with van der Waals surface area (Å²) in [6.07, 6.45) is 0.835. The number of aliphatic hydroxyl groups excluding tert-OH is 1. The normalized spacial score (nSPS) is 13.9. The molecule has 218 valence electrons. The third kappa shape index (κ3) is 8.52. The van der Waals surface area contributed by atoms with Crippen molar-refractivity contribution in [3.63, 3.8) is 0 Å². The lowest BCUT2D eigenvalue weighted by Gasteiger charge is -2.25. The van der Waals surface area contributed by atoms with Crippen LogP contribution in [0.5, 0.6) is 5.75 Å². The molecule has 0 bridgehead atoms. The van der Waals surface area contributed by atoms with E-state index in [0.717, 1.165) is 10.9 Å². The van der Waals surface area contributed by atoms with Crippen molar-refractivity contribution in [3.8, 4) is 5.75 Å². The molecule has 14 nitrogen and oxygen atoms in total. The second kappa shape index (κ2) is 13.9. The van der Waals surface area contributed by atoms with Gasteiger partial charge in [-0.25, -0.2) is 4.79 Å². The number of aliphatic carboxylic acids is 1. The molecule has 4 amide bonds. The van der Waals surface area contributed by atoms with Crippen molar-refractivity contribution in [1.82, 2.24) is 20.9 Å². The highest BCUT2D eigenvalue weighted by Crippen LogP contribution is 2.19. The molecule has 4 unspecified atom stereocenters. The number of phenols is 1. The zero-order valence-electron chi connectivity index (χ0n) is 21.9. The molecule has 0 aliphatic carbocycles. The lowest BCUT2D eigenvalue weighted by atomic mass is 10.0. The van der Waals surface area contributed by atoms with Crippen molar-refractivity contribution in [2.24, 2.45) is 11.5 Å². The molecule has 0 aliphatic heterocycles. The van der Waals surface area contributed by atoms with Gasteiger partial charge in [0, 0.05) is 29.9 Å². The summed E-state index contributed by atoms with van der Waals surface area (Å²) in [6, 6.07) is 7.45. The predicted octanol–water partition coefficient (Wildman–Crippen LogP) is -1.61. The summed E-state index contributed by atoms with van der Waals surface area (Å²) in [5, 5.41) is 36.4. The number of primary amides is 1. The van der Waals surface area contributed by atoms with E-state index < -0.39 is 66.8 Å². The number of aromatic hydroxyl groups is 1. The molecule has 0 fully saturated rings. The number of hydrogen-bond acceptors (Lipinski definition) is 8. The van der Waals surface area contributed by atoms with Crippen molar-refractivity contribution in [2.45, 2.75) is 43.4 Å². The minimum Gasteiger partial charge on any atom is -0.508 e. The monoisotopic (exact) mass is 568 g/mol. The van der Waals surface area contributed by atoms with E-state index >= 15 is 0 Å². The molecule has 0 aliphatic rings. The summed E-state index contributed by atoms with van der Waals surface area (Å²) < 4.78 is 0. The summed E-state index contributed by atoms with van der Waals surface area (Å²) in [6.45, 7) is -0.671. The fourth-order valence-electron chi connectivity index (χ4n) is 4.11. The third-order valence-corrected chi connectivity index (χ3v) is 6.29. The molecule has 11 N–H and O–H groups in total. The van der Waals surface area contributed by atoms with E-state index in [1.165, 1.54) is 24.3 Å². The first kappa shape index (κ1) is 30.6. The number of para-hydroxylation sites is 1. The van der Waals surface area contributed by atoms with Crippen LogP contribution in [0, 0.1) is 0 Å². The fraction of sp³-hybridized carbons (Fsp3) is 0.296. The van der Waals surface area contributed by atoms with Crippen molar-refractivity contribution < 1.29 is 39.3 Å². The molecule has 3 rings (SSSR count). The molecule has 41 heavy (non-hydrogen) atoms. The van der Waals surface area contributed by atoms with Crippen molar-refractivity contribution in [2.75, 3.05) is 6.61 Å². The Kier molecular flexibility index (Phi) is 10.4. The number of nitrogens with two attached hydrogens (primary N) is 2. The van der Waals surface area contributed by atoms with Gasteiger partial charge in [0.05, 0.1) is 13.0 Å². The largest absolute Gasteiger partial charge is 0.508 e. The number of fused-ring (bicyclic) bond motifs is 1. The van der Waals surface area contributed by atoms with Crippen LogP contribution in [0.15, 0.2) is 54.7 Å². The summed E-state index contributed by atoms with van der Waals surface area (Å²) in [5.41, 5.74) is 12.7. The SMILES string of the molecule is NC(=O)CC(NC(=O)C(Cc1ccc(O)cc1)NC(=O)C(Cc1c[nH]c2ccccc12)NC(=O)C(N)CO)C(=O)O. The number of aromatic amines is 1. The van der Waals surface area contributed by atoms with E-state index in [0.29, 0.717) is 11.1 Å². The number of carboxylic acid groups (broad SMARTS) is 1. The Bertz CT molecular complexity index is 1410. The van der Waals surface area contributed by atoms with Crippen LogP contribution in [-0.4, -0.2) is 80.7 Å². The number of carbonyl (C=O) groups is 5.